The number of non-ortho nitro benzene ring substituents is 1. The predicted octanol–water partition coefficient (Wildman–Crippen LogP) is 5.67. The molecule has 0 radical (unpaired) electrons. The molecule has 4 saturated heterocycles. The number of nitrogens with zero attached hydrogens (tertiary/aromatic N) is 4. The van der Waals surface area contributed by atoms with Crippen molar-refractivity contribution >= 4 is 39.0 Å². The molecule has 2 bridgehead atoms. The van der Waals surface area contributed by atoms with Crippen molar-refractivity contribution in [2.45, 2.75) is 37.8 Å². The van der Waals surface area contributed by atoms with Crippen molar-refractivity contribution in [2.24, 2.45) is 5.92 Å². The number of rotatable bonds is 8. The average molecular weight is 624 g/mol. The molecule has 236 valence electrons. The molecule has 0 unspecified atom stereocenters. The zero-order valence-electron chi connectivity index (χ0n) is 25.2. The average Bonchev–Trinajstić information content (AvgIpc) is 3.72. The van der Waals surface area contributed by atoms with Crippen LogP contribution in [0.5, 0.6) is 5.75 Å². The Bertz CT molecular complexity index is 1970. The zero-order valence-corrected chi connectivity index (χ0v) is 25.2. The van der Waals surface area contributed by atoms with Gasteiger partial charge < -0.3 is 29.8 Å². The van der Waals surface area contributed by atoms with Gasteiger partial charge in [0.2, 0.25) is 0 Å². The summed E-state index contributed by atoms with van der Waals surface area (Å²) in [6.07, 6.45) is 3.95. The first-order valence-corrected chi connectivity index (χ1v) is 15.9. The largest absolute Gasteiger partial charge is 0.488 e. The highest BCUT2D eigenvalue weighted by molar-refractivity contribution is 6.00. The number of H-pyrrole nitrogens is 2. The lowest BCUT2D eigenvalue weighted by Gasteiger charge is -2.45. The second-order valence-electron chi connectivity index (χ2n) is 12.6. The van der Waals surface area contributed by atoms with E-state index in [1.54, 1.807) is 18.2 Å². The number of aromatic nitrogens is 3. The molecule has 4 fully saturated rings. The monoisotopic (exact) mass is 623 g/mol. The molecule has 9 rings (SSSR count). The van der Waals surface area contributed by atoms with Gasteiger partial charge in [-0.25, -0.2) is 9.37 Å². The minimum Gasteiger partial charge on any atom is -0.488 e. The lowest BCUT2D eigenvalue weighted by Crippen LogP contribution is -2.53. The van der Waals surface area contributed by atoms with Gasteiger partial charge in [-0.05, 0) is 75.0 Å². The predicted molar refractivity (Wildman–Crippen MR) is 175 cm³/mol. The summed E-state index contributed by atoms with van der Waals surface area (Å²) in [6, 6.07) is 17.2. The van der Waals surface area contributed by atoms with Crippen LogP contribution in [0.1, 0.15) is 25.7 Å². The van der Waals surface area contributed by atoms with Crippen LogP contribution in [-0.2, 0) is 0 Å². The van der Waals surface area contributed by atoms with E-state index in [0.717, 1.165) is 68.6 Å². The first kappa shape index (κ1) is 28.5. The van der Waals surface area contributed by atoms with E-state index in [1.165, 1.54) is 18.2 Å². The number of anilines is 2. The number of hydrogen-bond donors (Lipinski definition) is 3. The first-order valence-electron chi connectivity index (χ1n) is 15.9. The summed E-state index contributed by atoms with van der Waals surface area (Å²) in [5, 5.41) is 15.3. The highest BCUT2D eigenvalue weighted by Gasteiger charge is 2.35. The maximum absolute atomic E-state index is 15.9. The van der Waals surface area contributed by atoms with Crippen LogP contribution in [0, 0.1) is 21.8 Å². The van der Waals surface area contributed by atoms with Crippen molar-refractivity contribution in [1.29, 1.82) is 0 Å². The van der Waals surface area contributed by atoms with Gasteiger partial charge in [0.05, 0.1) is 33.2 Å². The fourth-order valence-corrected chi connectivity index (χ4v) is 7.47. The minimum atomic E-state index is -0.521. The Balaban J connectivity index is 1.13. The Hall–Kier alpha value is -4.97. The molecule has 5 aromatic rings. The Morgan fingerprint density at radius 1 is 1.02 bits per heavy atom. The topological polar surface area (TPSA) is 132 Å². The summed E-state index contributed by atoms with van der Waals surface area (Å²) in [6.45, 7) is 4.03. The molecule has 2 atom stereocenters. The van der Waals surface area contributed by atoms with E-state index in [-0.39, 0.29) is 35.7 Å². The molecular formula is C34H34FN7O4. The van der Waals surface area contributed by atoms with E-state index in [2.05, 4.69) is 25.1 Å². The van der Waals surface area contributed by atoms with E-state index in [4.69, 9.17) is 9.72 Å². The van der Waals surface area contributed by atoms with Gasteiger partial charge in [-0.1, -0.05) is 12.1 Å². The molecule has 12 heteroatoms. The maximum atomic E-state index is 15.9. The fourth-order valence-electron chi connectivity index (χ4n) is 7.47. The lowest BCUT2D eigenvalue weighted by molar-refractivity contribution is -0.384. The van der Waals surface area contributed by atoms with E-state index in [0.29, 0.717) is 33.9 Å². The van der Waals surface area contributed by atoms with E-state index < -0.39 is 10.7 Å². The Kier molecular flexibility index (Phi) is 7.08. The summed E-state index contributed by atoms with van der Waals surface area (Å²) in [5.41, 5.74) is 3.54. The molecule has 0 spiro atoms. The molecule has 4 aliphatic heterocycles. The quantitative estimate of drug-likeness (QED) is 0.149. The molecular weight excluding hydrogens is 589 g/mol. The van der Waals surface area contributed by atoms with Gasteiger partial charge in [0.25, 0.3) is 11.2 Å². The van der Waals surface area contributed by atoms with Crippen molar-refractivity contribution in [3.8, 4) is 17.1 Å². The molecule has 11 nitrogen and oxygen atoms in total. The van der Waals surface area contributed by atoms with Crippen LogP contribution in [-0.4, -0.2) is 69.6 Å². The number of para-hydroxylation sites is 2. The Labute approximate surface area is 263 Å². The molecule has 0 amide bonds. The van der Waals surface area contributed by atoms with Crippen molar-refractivity contribution < 1.29 is 14.1 Å². The number of pyridine rings is 1. The number of halogens is 1. The number of ether oxygens (including phenoxy) is 1. The number of nitro groups is 1. The van der Waals surface area contributed by atoms with Crippen LogP contribution in [0.15, 0.2) is 65.5 Å². The lowest BCUT2D eigenvalue weighted by atomic mass is 9.83. The van der Waals surface area contributed by atoms with Gasteiger partial charge in [-0.3, -0.25) is 14.9 Å². The van der Waals surface area contributed by atoms with Crippen molar-refractivity contribution in [3.63, 3.8) is 0 Å². The number of nitrogens with one attached hydrogen (secondary N) is 3. The van der Waals surface area contributed by atoms with Gasteiger partial charge in [0, 0.05) is 48.4 Å². The summed E-state index contributed by atoms with van der Waals surface area (Å²) in [7, 11) is 0. The Morgan fingerprint density at radius 3 is 2.57 bits per heavy atom. The second-order valence-corrected chi connectivity index (χ2v) is 12.6. The normalized spacial score (nSPS) is 22.5. The fraction of sp³-hybridized carbons (Fsp3) is 0.353. The van der Waals surface area contributed by atoms with Crippen LogP contribution >= 0.6 is 0 Å². The number of benzene rings is 3. The summed E-state index contributed by atoms with van der Waals surface area (Å²) >= 11 is 0. The molecule has 3 N–H and O–H groups in total. The number of hydrogen-bond acceptors (Lipinski definition) is 8. The van der Waals surface area contributed by atoms with Crippen molar-refractivity contribution in [3.05, 3.63) is 86.9 Å². The van der Waals surface area contributed by atoms with Gasteiger partial charge in [0.1, 0.15) is 18.0 Å². The molecule has 6 heterocycles. The van der Waals surface area contributed by atoms with Gasteiger partial charge in [-0.2, -0.15) is 0 Å². The van der Waals surface area contributed by atoms with Gasteiger partial charge in [0.15, 0.2) is 11.6 Å². The molecule has 2 aromatic heterocycles. The number of imidazole rings is 1. The molecule has 3 aromatic carbocycles. The van der Waals surface area contributed by atoms with Crippen LogP contribution in [0.25, 0.3) is 33.3 Å². The standard InChI is InChI=1S/C34H34FN7O4/c35-25-16-24-28(17-30(25)46-19-23-4-3-13-41(23)21-7-9-22(10-8-21)42(44)45)39-34(43)31(33-37-26-5-1-2-6-27(26)38-33)32(24)36-29-18-40-14-11-20(29)12-15-40/h1-2,5-10,16-17,20,23,29H,3-4,11-15,18-19H2,(H,37,38)(H2,36,39,43)/t23-,29-/m0/s1. The van der Waals surface area contributed by atoms with Crippen molar-refractivity contribution in [1.82, 2.24) is 19.9 Å². The highest BCUT2D eigenvalue weighted by atomic mass is 19.1. The smallest absolute Gasteiger partial charge is 0.269 e. The van der Waals surface area contributed by atoms with Crippen LogP contribution in [0.4, 0.5) is 21.5 Å². The number of fused-ring (bicyclic) bond motifs is 5. The summed E-state index contributed by atoms with van der Waals surface area (Å²) in [4.78, 5) is 40.1. The maximum Gasteiger partial charge on any atom is 0.269 e. The highest BCUT2D eigenvalue weighted by Crippen LogP contribution is 2.38. The number of piperidine rings is 3. The SMILES string of the molecule is O=c1[nH]c2cc(OC[C@@H]3CCCN3c3ccc([N+](=O)[O-])cc3)c(F)cc2c(N[C@H]2CN3CCC2CC3)c1-c1nc2ccccc2[nH]1. The minimum absolute atomic E-state index is 0.0278. The third kappa shape index (κ3) is 5.12. The van der Waals surface area contributed by atoms with E-state index in [1.807, 2.05) is 24.3 Å². The van der Waals surface area contributed by atoms with Crippen LogP contribution in [0.2, 0.25) is 0 Å². The number of aromatic amines is 2. The molecule has 0 aliphatic carbocycles. The van der Waals surface area contributed by atoms with Crippen LogP contribution in [0.3, 0.4) is 0 Å². The second kappa shape index (κ2) is 11.4. The summed E-state index contributed by atoms with van der Waals surface area (Å²) < 4.78 is 22.0. The van der Waals surface area contributed by atoms with E-state index in [9.17, 15) is 14.9 Å². The molecule has 4 aliphatic rings. The Morgan fingerprint density at radius 2 is 1.83 bits per heavy atom. The third-order valence-corrected chi connectivity index (χ3v) is 9.88. The van der Waals surface area contributed by atoms with Crippen molar-refractivity contribution in [2.75, 3.05) is 43.0 Å². The van der Waals surface area contributed by atoms with E-state index >= 15 is 4.39 Å². The first-order chi connectivity index (χ1) is 22.4. The van der Waals surface area contributed by atoms with Crippen LogP contribution < -0.4 is 20.5 Å². The zero-order chi connectivity index (χ0) is 31.4. The third-order valence-electron chi connectivity index (χ3n) is 9.88. The van der Waals surface area contributed by atoms with Gasteiger partial charge in [-0.15, -0.1) is 0 Å². The number of nitro benzene ring substituents is 1. The molecule has 46 heavy (non-hydrogen) atoms. The van der Waals surface area contributed by atoms with Gasteiger partial charge >= 0.3 is 0 Å². The molecule has 0 saturated carbocycles. The summed E-state index contributed by atoms with van der Waals surface area (Å²) in [5.74, 6) is 0.442.